The van der Waals surface area contributed by atoms with Crippen molar-refractivity contribution in [3.05, 3.63) is 11.1 Å². The largest absolute Gasteiger partial charge is 0.336 e. The zero-order chi connectivity index (χ0) is 8.77. The third-order valence-electron chi connectivity index (χ3n) is 1.72. The maximum atomic E-state index is 12.4. The number of anilines is 1. The highest BCUT2D eigenvalue weighted by Crippen LogP contribution is 2.33. The standard InChI is InChI=1S/C7H8F2N2S/c1-5-2-12-6(10-5)11-3-7(8,9)4-11/h2H,3-4H2,1H3. The molecule has 0 atom stereocenters. The number of hydrogen-bond donors (Lipinski definition) is 0. The van der Waals surface area contributed by atoms with E-state index in [1.165, 1.54) is 11.3 Å². The Balaban J connectivity index is 2.06. The highest BCUT2D eigenvalue weighted by atomic mass is 32.1. The molecular formula is C7H8F2N2S. The van der Waals surface area contributed by atoms with E-state index in [4.69, 9.17) is 0 Å². The lowest BCUT2D eigenvalue weighted by Gasteiger charge is -2.38. The van der Waals surface area contributed by atoms with Gasteiger partial charge in [0.25, 0.3) is 5.92 Å². The zero-order valence-corrected chi connectivity index (χ0v) is 7.37. The summed E-state index contributed by atoms with van der Waals surface area (Å²) in [6, 6.07) is 0. The molecular weight excluding hydrogens is 182 g/mol. The Labute approximate surface area is 72.8 Å². The van der Waals surface area contributed by atoms with Crippen LogP contribution in [0.1, 0.15) is 5.69 Å². The van der Waals surface area contributed by atoms with Gasteiger partial charge >= 0.3 is 0 Å². The Hall–Kier alpha value is -0.710. The minimum absolute atomic E-state index is 0.181. The van der Waals surface area contributed by atoms with Crippen molar-refractivity contribution >= 4 is 16.5 Å². The predicted molar refractivity (Wildman–Crippen MR) is 44.0 cm³/mol. The van der Waals surface area contributed by atoms with E-state index < -0.39 is 5.92 Å². The van der Waals surface area contributed by atoms with E-state index in [1.54, 1.807) is 4.90 Å². The molecule has 1 aromatic rings. The number of hydrogen-bond acceptors (Lipinski definition) is 3. The highest BCUT2D eigenvalue weighted by molar-refractivity contribution is 7.13. The summed E-state index contributed by atoms with van der Waals surface area (Å²) in [5.74, 6) is -2.50. The summed E-state index contributed by atoms with van der Waals surface area (Å²) in [6.07, 6.45) is 0. The van der Waals surface area contributed by atoms with Crippen molar-refractivity contribution in [2.45, 2.75) is 12.8 Å². The SMILES string of the molecule is Cc1csc(N2CC(F)(F)C2)n1. The molecule has 1 aromatic heterocycles. The lowest BCUT2D eigenvalue weighted by molar-refractivity contribution is -0.0262. The predicted octanol–water partition coefficient (Wildman–Crippen LogP) is 1.91. The van der Waals surface area contributed by atoms with E-state index in [-0.39, 0.29) is 13.1 Å². The molecule has 0 N–H and O–H groups in total. The molecule has 0 spiro atoms. The van der Waals surface area contributed by atoms with Crippen LogP contribution in [0.3, 0.4) is 0 Å². The first-order chi connectivity index (χ1) is 5.57. The fourth-order valence-corrected chi connectivity index (χ4v) is 1.94. The number of rotatable bonds is 1. The van der Waals surface area contributed by atoms with Crippen molar-refractivity contribution in [3.8, 4) is 0 Å². The molecule has 1 saturated heterocycles. The second kappa shape index (κ2) is 2.39. The normalized spacial score (nSPS) is 20.8. The summed E-state index contributed by atoms with van der Waals surface area (Å²) in [6.45, 7) is 1.50. The van der Waals surface area contributed by atoms with Crippen LogP contribution >= 0.6 is 11.3 Å². The quantitative estimate of drug-likeness (QED) is 0.672. The summed E-state index contributed by atoms with van der Waals surface area (Å²) in [7, 11) is 0. The Morgan fingerprint density at radius 2 is 2.25 bits per heavy atom. The maximum absolute atomic E-state index is 12.4. The van der Waals surface area contributed by atoms with Gasteiger partial charge in [0.1, 0.15) is 0 Å². The van der Waals surface area contributed by atoms with Gasteiger partial charge in [-0.2, -0.15) is 0 Å². The Morgan fingerprint density at radius 3 is 2.67 bits per heavy atom. The molecule has 0 aromatic carbocycles. The first-order valence-corrected chi connectivity index (χ1v) is 4.50. The van der Waals surface area contributed by atoms with Crippen LogP contribution in [-0.2, 0) is 0 Å². The molecule has 2 rings (SSSR count). The molecule has 1 aliphatic rings. The van der Waals surface area contributed by atoms with E-state index >= 15 is 0 Å². The lowest BCUT2D eigenvalue weighted by Crippen LogP contribution is -2.56. The average molecular weight is 190 g/mol. The molecule has 2 nitrogen and oxygen atoms in total. The van der Waals surface area contributed by atoms with Gasteiger partial charge in [0.2, 0.25) is 0 Å². The van der Waals surface area contributed by atoms with Gasteiger partial charge in [-0.3, -0.25) is 0 Å². The molecule has 12 heavy (non-hydrogen) atoms. The fourth-order valence-electron chi connectivity index (χ4n) is 1.13. The molecule has 66 valence electrons. The molecule has 1 aliphatic heterocycles. The summed E-state index contributed by atoms with van der Waals surface area (Å²) >= 11 is 1.42. The minimum atomic E-state index is -2.50. The van der Waals surface area contributed by atoms with Crippen molar-refractivity contribution in [2.75, 3.05) is 18.0 Å². The smallest absolute Gasteiger partial charge is 0.282 e. The van der Waals surface area contributed by atoms with Crippen LogP contribution in [0.2, 0.25) is 0 Å². The monoisotopic (exact) mass is 190 g/mol. The molecule has 0 saturated carbocycles. The van der Waals surface area contributed by atoms with Gasteiger partial charge in [0, 0.05) is 5.38 Å². The molecule has 5 heteroatoms. The third-order valence-corrected chi connectivity index (χ3v) is 2.74. The topological polar surface area (TPSA) is 16.1 Å². The first-order valence-electron chi connectivity index (χ1n) is 3.62. The molecule has 2 heterocycles. The molecule has 0 radical (unpaired) electrons. The van der Waals surface area contributed by atoms with E-state index in [1.807, 2.05) is 12.3 Å². The molecule has 1 fully saturated rings. The van der Waals surface area contributed by atoms with Gasteiger partial charge in [0.05, 0.1) is 18.8 Å². The van der Waals surface area contributed by atoms with E-state index in [9.17, 15) is 8.78 Å². The van der Waals surface area contributed by atoms with Crippen LogP contribution in [-0.4, -0.2) is 24.0 Å². The number of thiazole rings is 1. The zero-order valence-electron chi connectivity index (χ0n) is 6.55. The summed E-state index contributed by atoms with van der Waals surface area (Å²) in [5.41, 5.74) is 0.894. The Bertz CT molecular complexity index is 289. The molecule has 0 amide bonds. The van der Waals surface area contributed by atoms with Crippen LogP contribution in [0.4, 0.5) is 13.9 Å². The number of nitrogens with zero attached hydrogens (tertiary/aromatic N) is 2. The Morgan fingerprint density at radius 1 is 1.58 bits per heavy atom. The third kappa shape index (κ3) is 1.29. The summed E-state index contributed by atoms with van der Waals surface area (Å²) in [5, 5.41) is 2.57. The van der Waals surface area contributed by atoms with Gasteiger partial charge in [-0.05, 0) is 6.92 Å². The van der Waals surface area contributed by atoms with E-state index in [0.29, 0.717) is 5.13 Å². The number of aryl methyl sites for hydroxylation is 1. The van der Waals surface area contributed by atoms with Crippen LogP contribution < -0.4 is 4.90 Å². The second-order valence-corrected chi connectivity index (χ2v) is 3.82. The van der Waals surface area contributed by atoms with E-state index in [2.05, 4.69) is 4.98 Å². The number of aromatic nitrogens is 1. The highest BCUT2D eigenvalue weighted by Gasteiger charge is 2.44. The van der Waals surface area contributed by atoms with Gasteiger partial charge in [-0.1, -0.05) is 0 Å². The van der Waals surface area contributed by atoms with Crippen LogP contribution in [0.15, 0.2) is 5.38 Å². The van der Waals surface area contributed by atoms with Gasteiger partial charge < -0.3 is 4.90 Å². The van der Waals surface area contributed by atoms with Crippen molar-refractivity contribution < 1.29 is 8.78 Å². The average Bonchev–Trinajstić information content (AvgIpc) is 2.30. The van der Waals surface area contributed by atoms with Gasteiger partial charge in [-0.25, -0.2) is 13.8 Å². The lowest BCUT2D eigenvalue weighted by atomic mass is 10.2. The minimum Gasteiger partial charge on any atom is -0.336 e. The maximum Gasteiger partial charge on any atom is 0.282 e. The van der Waals surface area contributed by atoms with E-state index in [0.717, 1.165) is 5.69 Å². The van der Waals surface area contributed by atoms with Crippen LogP contribution in [0, 0.1) is 6.92 Å². The van der Waals surface area contributed by atoms with Crippen molar-refractivity contribution in [3.63, 3.8) is 0 Å². The second-order valence-electron chi connectivity index (χ2n) is 2.98. The van der Waals surface area contributed by atoms with Crippen molar-refractivity contribution in [1.29, 1.82) is 0 Å². The van der Waals surface area contributed by atoms with Gasteiger partial charge in [0.15, 0.2) is 5.13 Å². The van der Waals surface area contributed by atoms with Crippen LogP contribution in [0.25, 0.3) is 0 Å². The van der Waals surface area contributed by atoms with Crippen molar-refractivity contribution in [2.24, 2.45) is 0 Å². The molecule has 0 aliphatic carbocycles. The molecule has 0 unspecified atom stereocenters. The first kappa shape index (κ1) is 7.91. The Kier molecular flexibility index (Phi) is 1.57. The molecule has 0 bridgehead atoms. The number of halogens is 2. The summed E-state index contributed by atoms with van der Waals surface area (Å²) in [4.78, 5) is 5.70. The van der Waals surface area contributed by atoms with Crippen LogP contribution in [0.5, 0.6) is 0 Å². The summed E-state index contributed by atoms with van der Waals surface area (Å²) < 4.78 is 24.8. The fraction of sp³-hybridized carbons (Fsp3) is 0.571. The van der Waals surface area contributed by atoms with Crippen molar-refractivity contribution in [1.82, 2.24) is 4.98 Å². The number of alkyl halides is 2. The van der Waals surface area contributed by atoms with Gasteiger partial charge in [-0.15, -0.1) is 11.3 Å².